The molecule has 2 aromatic carbocycles. The molecule has 21 heavy (non-hydrogen) atoms. The summed E-state index contributed by atoms with van der Waals surface area (Å²) in [4.78, 5) is 0.0831. The molecule has 2 aromatic rings. The van der Waals surface area contributed by atoms with Gasteiger partial charge in [0.25, 0.3) is 0 Å². The zero-order chi connectivity index (χ0) is 15.5. The molecule has 0 saturated carbocycles. The molecule has 0 fully saturated rings. The average Bonchev–Trinajstić information content (AvgIpc) is 2.47. The molecule has 0 heterocycles. The first kappa shape index (κ1) is 15.5. The number of benzene rings is 2. The highest BCUT2D eigenvalue weighted by molar-refractivity contribution is 7.90. The van der Waals surface area contributed by atoms with Crippen LogP contribution in [0.15, 0.2) is 47.4 Å². The fraction of sp³-hybridized carbons (Fsp3) is 0.200. The number of sulfone groups is 1. The summed E-state index contributed by atoms with van der Waals surface area (Å²) in [5.41, 5.74) is 6.54. The molecular weight excluding hydrogens is 293 g/mol. The van der Waals surface area contributed by atoms with Crippen LogP contribution >= 0.6 is 0 Å². The van der Waals surface area contributed by atoms with Gasteiger partial charge in [0.2, 0.25) is 0 Å². The normalized spacial score (nSPS) is 11.4. The van der Waals surface area contributed by atoms with Crippen LogP contribution in [0.5, 0.6) is 5.75 Å². The minimum Gasteiger partial charge on any atom is -0.495 e. The molecule has 0 radical (unpaired) electrons. The Bertz CT molecular complexity index is 744. The molecule has 4 nitrogen and oxygen atoms in total. The van der Waals surface area contributed by atoms with Crippen molar-refractivity contribution >= 4 is 9.84 Å². The first-order chi connectivity index (χ1) is 9.97. The van der Waals surface area contributed by atoms with Crippen molar-refractivity contribution in [2.75, 3.05) is 7.11 Å². The molecule has 0 saturated heterocycles. The van der Waals surface area contributed by atoms with Gasteiger partial charge in [0, 0.05) is 6.54 Å². The summed E-state index contributed by atoms with van der Waals surface area (Å²) < 4.78 is 43.5. The van der Waals surface area contributed by atoms with Crippen LogP contribution in [0.4, 0.5) is 4.39 Å². The van der Waals surface area contributed by atoms with Crippen molar-refractivity contribution in [2.24, 2.45) is 5.73 Å². The van der Waals surface area contributed by atoms with Crippen LogP contribution in [0.1, 0.15) is 11.1 Å². The van der Waals surface area contributed by atoms with Crippen LogP contribution in [0.3, 0.4) is 0 Å². The van der Waals surface area contributed by atoms with E-state index >= 15 is 0 Å². The highest BCUT2D eigenvalue weighted by Crippen LogP contribution is 2.27. The summed E-state index contributed by atoms with van der Waals surface area (Å²) >= 11 is 0. The van der Waals surface area contributed by atoms with Crippen molar-refractivity contribution in [3.05, 3.63) is 59.4 Å². The maximum Gasteiger partial charge on any atom is 0.186 e. The molecule has 0 bridgehead atoms. The number of rotatable bonds is 5. The number of halogens is 1. The van der Waals surface area contributed by atoms with E-state index in [1.54, 1.807) is 18.2 Å². The molecule has 2 N–H and O–H groups in total. The van der Waals surface area contributed by atoms with E-state index in [9.17, 15) is 12.8 Å². The fourth-order valence-corrected chi connectivity index (χ4v) is 3.66. The van der Waals surface area contributed by atoms with E-state index < -0.39 is 15.7 Å². The minimum absolute atomic E-state index is 0.0831. The predicted molar refractivity (Wildman–Crippen MR) is 78.2 cm³/mol. The maximum absolute atomic E-state index is 13.3. The molecule has 0 atom stereocenters. The quantitative estimate of drug-likeness (QED) is 0.920. The lowest BCUT2D eigenvalue weighted by Gasteiger charge is -2.11. The van der Waals surface area contributed by atoms with Crippen LogP contribution in [-0.4, -0.2) is 15.5 Å². The van der Waals surface area contributed by atoms with Crippen molar-refractivity contribution in [3.63, 3.8) is 0 Å². The van der Waals surface area contributed by atoms with Gasteiger partial charge in [-0.1, -0.05) is 18.2 Å². The second-order valence-electron chi connectivity index (χ2n) is 4.53. The largest absolute Gasteiger partial charge is 0.495 e. The number of para-hydroxylation sites is 1. The van der Waals surface area contributed by atoms with Gasteiger partial charge in [-0.3, -0.25) is 0 Å². The Kier molecular flexibility index (Phi) is 4.59. The molecule has 2 rings (SSSR count). The van der Waals surface area contributed by atoms with E-state index in [4.69, 9.17) is 10.5 Å². The maximum atomic E-state index is 13.3. The third-order valence-electron chi connectivity index (χ3n) is 3.14. The van der Waals surface area contributed by atoms with Crippen molar-refractivity contribution in [1.82, 2.24) is 0 Å². The highest BCUT2D eigenvalue weighted by Gasteiger charge is 2.21. The molecular formula is C15H16FNO3S. The standard InChI is InChI=1S/C15H16FNO3S/c1-20-14-4-2-3-5-15(14)21(18,19)10-12-8-13(16)7-6-11(12)9-17/h2-8H,9-10,17H2,1H3. The zero-order valence-electron chi connectivity index (χ0n) is 11.5. The van der Waals surface area contributed by atoms with Crippen LogP contribution in [0.2, 0.25) is 0 Å². The number of ether oxygens (including phenoxy) is 1. The van der Waals surface area contributed by atoms with Gasteiger partial charge in [0.1, 0.15) is 16.5 Å². The smallest absolute Gasteiger partial charge is 0.186 e. The van der Waals surface area contributed by atoms with Crippen molar-refractivity contribution in [2.45, 2.75) is 17.2 Å². The number of hydrogen-bond donors (Lipinski definition) is 1. The third kappa shape index (κ3) is 3.40. The SMILES string of the molecule is COc1ccccc1S(=O)(=O)Cc1cc(F)ccc1CN. The van der Waals surface area contributed by atoms with Crippen LogP contribution in [0.25, 0.3) is 0 Å². The first-order valence-electron chi connectivity index (χ1n) is 6.31. The lowest BCUT2D eigenvalue weighted by atomic mass is 10.1. The molecule has 0 aliphatic heterocycles. The Labute approximate surface area is 123 Å². The summed E-state index contributed by atoms with van der Waals surface area (Å²) in [6.07, 6.45) is 0. The van der Waals surface area contributed by atoms with Gasteiger partial charge in [0.15, 0.2) is 9.84 Å². The van der Waals surface area contributed by atoms with Gasteiger partial charge in [-0.15, -0.1) is 0 Å². The van der Waals surface area contributed by atoms with E-state index in [0.29, 0.717) is 11.1 Å². The van der Waals surface area contributed by atoms with Gasteiger partial charge < -0.3 is 10.5 Å². The lowest BCUT2D eigenvalue weighted by Crippen LogP contribution is -2.10. The van der Waals surface area contributed by atoms with Crippen molar-refractivity contribution in [3.8, 4) is 5.75 Å². The molecule has 112 valence electrons. The van der Waals surface area contributed by atoms with Gasteiger partial charge >= 0.3 is 0 Å². The molecule has 0 aliphatic rings. The Hall–Kier alpha value is -1.92. The van der Waals surface area contributed by atoms with E-state index in [1.807, 2.05) is 0 Å². The Morgan fingerprint density at radius 1 is 1.14 bits per heavy atom. The van der Waals surface area contributed by atoms with Gasteiger partial charge in [-0.2, -0.15) is 0 Å². The zero-order valence-corrected chi connectivity index (χ0v) is 12.4. The van der Waals surface area contributed by atoms with Gasteiger partial charge in [-0.05, 0) is 35.4 Å². The first-order valence-corrected chi connectivity index (χ1v) is 7.96. The van der Waals surface area contributed by atoms with Gasteiger partial charge in [0.05, 0.1) is 12.9 Å². The minimum atomic E-state index is -3.65. The molecule has 0 amide bonds. The molecule has 0 aromatic heterocycles. The van der Waals surface area contributed by atoms with E-state index in [1.165, 1.54) is 31.4 Å². The third-order valence-corrected chi connectivity index (χ3v) is 4.84. The molecule has 0 unspecified atom stereocenters. The second kappa shape index (κ2) is 6.24. The summed E-state index contributed by atoms with van der Waals surface area (Å²) in [5.74, 6) is -0.543. The Morgan fingerprint density at radius 3 is 2.52 bits per heavy atom. The lowest BCUT2D eigenvalue weighted by molar-refractivity contribution is 0.402. The second-order valence-corrected chi connectivity index (χ2v) is 6.49. The van der Waals surface area contributed by atoms with Crippen LogP contribution < -0.4 is 10.5 Å². The monoisotopic (exact) mass is 309 g/mol. The van der Waals surface area contributed by atoms with Gasteiger partial charge in [-0.25, -0.2) is 12.8 Å². The average molecular weight is 309 g/mol. The number of hydrogen-bond acceptors (Lipinski definition) is 4. The highest BCUT2D eigenvalue weighted by atomic mass is 32.2. The summed E-state index contributed by atoms with van der Waals surface area (Å²) in [6.45, 7) is 0.150. The van der Waals surface area contributed by atoms with E-state index in [0.717, 1.165) is 0 Å². The van der Waals surface area contributed by atoms with E-state index in [-0.39, 0.29) is 22.9 Å². The molecule has 6 heteroatoms. The topological polar surface area (TPSA) is 69.4 Å². The summed E-state index contributed by atoms with van der Waals surface area (Å²) in [6, 6.07) is 10.3. The van der Waals surface area contributed by atoms with Crippen LogP contribution in [0, 0.1) is 5.82 Å². The van der Waals surface area contributed by atoms with E-state index in [2.05, 4.69) is 0 Å². The molecule has 0 spiro atoms. The summed E-state index contributed by atoms with van der Waals surface area (Å²) in [7, 11) is -2.25. The predicted octanol–water partition coefficient (Wildman–Crippen LogP) is 2.27. The fourth-order valence-electron chi connectivity index (χ4n) is 2.09. The van der Waals surface area contributed by atoms with Crippen LogP contribution in [-0.2, 0) is 22.1 Å². The van der Waals surface area contributed by atoms with Crippen molar-refractivity contribution < 1.29 is 17.5 Å². The van der Waals surface area contributed by atoms with Crippen molar-refractivity contribution in [1.29, 1.82) is 0 Å². The molecule has 0 aliphatic carbocycles. The number of nitrogens with two attached hydrogens (primary N) is 1. The Balaban J connectivity index is 2.45. The number of methoxy groups -OCH3 is 1. The Morgan fingerprint density at radius 2 is 1.86 bits per heavy atom. The summed E-state index contributed by atoms with van der Waals surface area (Å²) in [5, 5.41) is 0.